The molecule has 25 heavy (non-hydrogen) atoms. The highest BCUT2D eigenvalue weighted by Crippen LogP contribution is 2.26. The van der Waals surface area contributed by atoms with Crippen molar-refractivity contribution in [3.05, 3.63) is 52.0 Å². The van der Waals surface area contributed by atoms with Crippen molar-refractivity contribution < 1.29 is 14.6 Å². The number of carbonyl (C=O) groups is 1. The van der Waals surface area contributed by atoms with Gasteiger partial charge in [0.1, 0.15) is 11.5 Å². The van der Waals surface area contributed by atoms with E-state index in [1.54, 1.807) is 36.4 Å². The van der Waals surface area contributed by atoms with Gasteiger partial charge in [0.2, 0.25) is 0 Å². The van der Waals surface area contributed by atoms with Crippen molar-refractivity contribution in [1.29, 1.82) is 0 Å². The first-order valence-corrected chi connectivity index (χ1v) is 8.95. The molecule has 0 unspecified atom stereocenters. The number of amides is 1. The van der Waals surface area contributed by atoms with Gasteiger partial charge in [0.05, 0.1) is 16.8 Å². The maximum atomic E-state index is 12.3. The van der Waals surface area contributed by atoms with Crippen LogP contribution in [0.15, 0.2) is 40.9 Å². The molecule has 0 fully saturated rings. The van der Waals surface area contributed by atoms with E-state index in [2.05, 4.69) is 26.6 Å². The van der Waals surface area contributed by atoms with Crippen LogP contribution in [0.5, 0.6) is 11.5 Å². The van der Waals surface area contributed by atoms with Crippen LogP contribution in [0, 0.1) is 6.92 Å². The van der Waals surface area contributed by atoms with E-state index in [1.165, 1.54) is 0 Å². The summed E-state index contributed by atoms with van der Waals surface area (Å²) in [4.78, 5) is 12.3. The number of benzene rings is 2. The zero-order chi connectivity index (χ0) is 18.4. The predicted molar refractivity (Wildman–Crippen MR) is 106 cm³/mol. The minimum Gasteiger partial charge on any atom is -0.506 e. The van der Waals surface area contributed by atoms with Gasteiger partial charge in [-0.05, 0) is 77.4 Å². The Morgan fingerprint density at radius 3 is 2.72 bits per heavy atom. The van der Waals surface area contributed by atoms with E-state index < -0.39 is 0 Å². The molecule has 7 heteroatoms. The molecule has 3 N–H and O–H groups in total. The van der Waals surface area contributed by atoms with E-state index in [0.29, 0.717) is 28.1 Å². The third kappa shape index (κ3) is 5.44. The van der Waals surface area contributed by atoms with Crippen molar-refractivity contribution >= 4 is 44.9 Å². The molecule has 0 spiro atoms. The molecule has 0 bridgehead atoms. The summed E-state index contributed by atoms with van der Waals surface area (Å²) in [6.45, 7) is 4.53. The zero-order valence-corrected chi connectivity index (χ0v) is 16.3. The van der Waals surface area contributed by atoms with Crippen LogP contribution in [0.4, 0.5) is 5.69 Å². The lowest BCUT2D eigenvalue weighted by Crippen LogP contribution is -2.34. The van der Waals surface area contributed by atoms with Crippen LogP contribution >= 0.6 is 28.1 Å². The summed E-state index contributed by atoms with van der Waals surface area (Å²) in [5.41, 5.74) is 1.84. The Balaban J connectivity index is 2.02. The largest absolute Gasteiger partial charge is 0.506 e. The average molecular weight is 423 g/mol. The van der Waals surface area contributed by atoms with Crippen LogP contribution < -0.4 is 15.4 Å². The number of aromatic hydroxyl groups is 1. The van der Waals surface area contributed by atoms with Crippen LogP contribution in [0.2, 0.25) is 0 Å². The van der Waals surface area contributed by atoms with E-state index in [0.717, 1.165) is 12.0 Å². The van der Waals surface area contributed by atoms with Gasteiger partial charge in [-0.3, -0.25) is 10.1 Å². The minimum atomic E-state index is -0.354. The van der Waals surface area contributed by atoms with E-state index in [9.17, 15) is 9.90 Å². The van der Waals surface area contributed by atoms with Crippen molar-refractivity contribution in [2.45, 2.75) is 20.3 Å². The van der Waals surface area contributed by atoms with E-state index in [-0.39, 0.29) is 16.8 Å². The molecular weight excluding hydrogens is 404 g/mol. The molecule has 0 aliphatic rings. The number of nitrogens with one attached hydrogen (secondary N) is 2. The lowest BCUT2D eigenvalue weighted by Gasteiger charge is -2.12. The maximum absolute atomic E-state index is 12.3. The molecule has 0 saturated heterocycles. The van der Waals surface area contributed by atoms with Crippen LogP contribution in [-0.2, 0) is 0 Å². The smallest absolute Gasteiger partial charge is 0.257 e. The van der Waals surface area contributed by atoms with E-state index in [1.807, 2.05) is 13.8 Å². The van der Waals surface area contributed by atoms with Crippen LogP contribution in [0.3, 0.4) is 0 Å². The van der Waals surface area contributed by atoms with Gasteiger partial charge in [-0.15, -0.1) is 0 Å². The first-order chi connectivity index (χ1) is 11.9. The molecular formula is C18H19BrN2O3S. The number of ether oxygens (including phenoxy) is 1. The summed E-state index contributed by atoms with van der Waals surface area (Å²) < 4.78 is 6.26. The number of rotatable bonds is 5. The number of anilines is 1. The second-order valence-electron chi connectivity index (χ2n) is 5.42. The Bertz CT molecular complexity index is 796. The Labute approximate surface area is 160 Å². The van der Waals surface area contributed by atoms with Crippen LogP contribution in [-0.4, -0.2) is 22.7 Å². The first-order valence-electron chi connectivity index (χ1n) is 7.75. The lowest BCUT2D eigenvalue weighted by atomic mass is 10.2. The minimum absolute atomic E-state index is 0.0577. The molecule has 0 saturated carbocycles. The third-order valence-corrected chi connectivity index (χ3v) is 4.11. The highest BCUT2D eigenvalue weighted by molar-refractivity contribution is 9.10. The number of carbonyl (C=O) groups excluding carboxylic acids is 1. The fraction of sp³-hybridized carbons (Fsp3) is 0.222. The summed E-state index contributed by atoms with van der Waals surface area (Å²) in [5, 5.41) is 15.3. The predicted octanol–water partition coefficient (Wildman–Crippen LogP) is 4.38. The normalized spacial score (nSPS) is 10.2. The second kappa shape index (κ2) is 8.82. The number of aryl methyl sites for hydroxylation is 1. The monoisotopic (exact) mass is 422 g/mol. The highest BCUT2D eigenvalue weighted by atomic mass is 79.9. The van der Waals surface area contributed by atoms with Crippen molar-refractivity contribution in [2.24, 2.45) is 0 Å². The number of hydrogen-bond acceptors (Lipinski definition) is 4. The number of phenols is 1. The lowest BCUT2D eigenvalue weighted by molar-refractivity contribution is 0.0977. The molecule has 0 aliphatic heterocycles. The fourth-order valence-corrected chi connectivity index (χ4v) is 2.75. The summed E-state index contributed by atoms with van der Waals surface area (Å²) >= 11 is 8.54. The zero-order valence-electron chi connectivity index (χ0n) is 13.9. The van der Waals surface area contributed by atoms with Crippen LogP contribution in [0.1, 0.15) is 29.3 Å². The molecule has 0 atom stereocenters. The average Bonchev–Trinajstić information content (AvgIpc) is 2.57. The molecule has 5 nitrogen and oxygen atoms in total. The van der Waals surface area contributed by atoms with Crippen molar-refractivity contribution in [1.82, 2.24) is 5.32 Å². The topological polar surface area (TPSA) is 70.6 Å². The van der Waals surface area contributed by atoms with Gasteiger partial charge in [0.15, 0.2) is 5.11 Å². The Hall–Kier alpha value is -2.12. The molecule has 1 amide bonds. The second-order valence-corrected chi connectivity index (χ2v) is 6.69. The molecule has 0 aliphatic carbocycles. The Morgan fingerprint density at radius 2 is 2.04 bits per heavy atom. The van der Waals surface area contributed by atoms with Gasteiger partial charge in [0, 0.05) is 5.56 Å². The van der Waals surface area contributed by atoms with Gasteiger partial charge in [-0.1, -0.05) is 13.0 Å². The summed E-state index contributed by atoms with van der Waals surface area (Å²) in [6.07, 6.45) is 0.903. The van der Waals surface area contributed by atoms with Crippen LogP contribution in [0.25, 0.3) is 0 Å². The molecule has 0 radical (unpaired) electrons. The fourth-order valence-electron chi connectivity index (χ4n) is 2.05. The number of thiocarbonyl (C=S) groups is 1. The SMILES string of the molecule is CCCOc1ccc(C(=O)NC(=S)Nc2cc(C)ccc2O)cc1Br. The van der Waals surface area contributed by atoms with Gasteiger partial charge in [-0.2, -0.15) is 0 Å². The number of phenolic OH excluding ortho intramolecular Hbond substituents is 1. The summed E-state index contributed by atoms with van der Waals surface area (Å²) in [7, 11) is 0. The number of hydrogen-bond donors (Lipinski definition) is 3. The Morgan fingerprint density at radius 1 is 1.28 bits per heavy atom. The van der Waals surface area contributed by atoms with Crippen molar-refractivity contribution in [3.63, 3.8) is 0 Å². The highest BCUT2D eigenvalue weighted by Gasteiger charge is 2.12. The molecule has 0 aromatic heterocycles. The molecule has 2 aromatic rings. The maximum Gasteiger partial charge on any atom is 0.257 e. The van der Waals surface area contributed by atoms with Gasteiger partial charge >= 0.3 is 0 Å². The van der Waals surface area contributed by atoms with Crippen molar-refractivity contribution in [2.75, 3.05) is 11.9 Å². The van der Waals surface area contributed by atoms with E-state index >= 15 is 0 Å². The standard InChI is InChI=1S/C18H19BrN2O3S/c1-3-8-24-16-7-5-12(10-13(16)19)17(23)21-18(25)20-14-9-11(2)4-6-15(14)22/h4-7,9-10,22H,3,8H2,1-2H3,(H2,20,21,23,25). The third-order valence-electron chi connectivity index (χ3n) is 3.28. The van der Waals surface area contributed by atoms with Gasteiger partial charge in [0.25, 0.3) is 5.91 Å². The molecule has 2 aromatic carbocycles. The van der Waals surface area contributed by atoms with Crippen molar-refractivity contribution in [3.8, 4) is 11.5 Å². The Kier molecular flexibility index (Phi) is 6.78. The molecule has 0 heterocycles. The van der Waals surface area contributed by atoms with E-state index in [4.69, 9.17) is 17.0 Å². The quantitative estimate of drug-likeness (QED) is 0.492. The van der Waals surface area contributed by atoms with Gasteiger partial charge in [-0.25, -0.2) is 0 Å². The van der Waals surface area contributed by atoms with Gasteiger partial charge < -0.3 is 15.2 Å². The summed E-state index contributed by atoms with van der Waals surface area (Å²) in [5.74, 6) is 0.388. The first kappa shape index (κ1) is 19.2. The summed E-state index contributed by atoms with van der Waals surface area (Å²) in [6, 6.07) is 10.2. The molecule has 2 rings (SSSR count). The molecule has 132 valence electrons. The number of halogens is 1.